The molecule has 0 atom stereocenters. The Hall–Kier alpha value is -3.73. The van der Waals surface area contributed by atoms with Crippen LogP contribution in [0.4, 0.5) is 17.2 Å². The molecule has 11 heteroatoms. The van der Waals surface area contributed by atoms with Crippen molar-refractivity contribution in [3.05, 3.63) is 42.4 Å². The van der Waals surface area contributed by atoms with Crippen LogP contribution in [0.5, 0.6) is 5.75 Å². The molecule has 2 amide bonds. The topological polar surface area (TPSA) is 131 Å². The summed E-state index contributed by atoms with van der Waals surface area (Å²) in [5, 5.41) is 17.0. The highest BCUT2D eigenvalue weighted by molar-refractivity contribution is 7.99. The fourth-order valence-electron chi connectivity index (χ4n) is 3.37. The van der Waals surface area contributed by atoms with E-state index in [-0.39, 0.29) is 23.3 Å². The SMILES string of the molecule is CNC(=O)c1nnc(NC(=O)C2CC2)cc1Nc1cccc(-c2ncc(SC(C)C)cn2)c1OC. The van der Waals surface area contributed by atoms with E-state index >= 15 is 0 Å². The number of nitrogens with zero attached hydrogens (tertiary/aromatic N) is 4. The van der Waals surface area contributed by atoms with E-state index in [1.54, 1.807) is 37.3 Å². The monoisotopic (exact) mass is 493 g/mol. The number of hydrogen-bond acceptors (Lipinski definition) is 9. The summed E-state index contributed by atoms with van der Waals surface area (Å²) in [6.45, 7) is 4.22. The van der Waals surface area contributed by atoms with Crippen molar-refractivity contribution in [3.63, 3.8) is 0 Å². The Kier molecular flexibility index (Phi) is 7.45. The van der Waals surface area contributed by atoms with Gasteiger partial charge in [-0.15, -0.1) is 22.0 Å². The maximum Gasteiger partial charge on any atom is 0.273 e. The third-order valence-corrected chi connectivity index (χ3v) is 6.12. The predicted molar refractivity (Wildman–Crippen MR) is 135 cm³/mol. The number of hydrogen-bond donors (Lipinski definition) is 3. The van der Waals surface area contributed by atoms with Crippen LogP contribution in [0, 0.1) is 5.92 Å². The number of carbonyl (C=O) groups is 2. The van der Waals surface area contributed by atoms with E-state index in [4.69, 9.17) is 4.74 Å². The first-order chi connectivity index (χ1) is 16.9. The van der Waals surface area contributed by atoms with Crippen molar-refractivity contribution in [2.45, 2.75) is 36.8 Å². The zero-order valence-electron chi connectivity index (χ0n) is 20.0. The standard InChI is InChI=1S/C24H27N7O3S/c1-13(2)35-15-11-26-22(27-12-15)16-6-5-7-17(21(16)34-4)28-18-10-19(29-23(32)14-8-9-14)30-31-20(18)24(33)25-3/h5-7,10-14H,8-9H2,1-4H3,(H,25,33)(H2,28,29,30,32). The molecular formula is C24H27N7O3S. The number of benzene rings is 1. The molecular weight excluding hydrogens is 466 g/mol. The van der Waals surface area contributed by atoms with Crippen LogP contribution in [-0.2, 0) is 4.79 Å². The van der Waals surface area contributed by atoms with Gasteiger partial charge in [-0.1, -0.05) is 19.9 Å². The Labute approximate surface area is 207 Å². The van der Waals surface area contributed by atoms with Crippen LogP contribution in [0.15, 0.2) is 41.6 Å². The number of para-hydroxylation sites is 1. The van der Waals surface area contributed by atoms with Crippen molar-refractivity contribution < 1.29 is 14.3 Å². The molecule has 2 aromatic heterocycles. The van der Waals surface area contributed by atoms with E-state index in [9.17, 15) is 9.59 Å². The molecule has 1 aliphatic carbocycles. The molecule has 35 heavy (non-hydrogen) atoms. The van der Waals surface area contributed by atoms with Crippen LogP contribution in [0.25, 0.3) is 11.4 Å². The second-order valence-corrected chi connectivity index (χ2v) is 9.90. The first-order valence-electron chi connectivity index (χ1n) is 11.2. The summed E-state index contributed by atoms with van der Waals surface area (Å²) in [6.07, 6.45) is 5.31. The molecule has 3 aromatic rings. The molecule has 2 heterocycles. The van der Waals surface area contributed by atoms with E-state index < -0.39 is 5.91 Å². The van der Waals surface area contributed by atoms with Crippen molar-refractivity contribution in [2.24, 2.45) is 5.92 Å². The maximum absolute atomic E-state index is 12.4. The fourth-order valence-corrected chi connectivity index (χ4v) is 4.14. The summed E-state index contributed by atoms with van der Waals surface area (Å²) >= 11 is 1.69. The number of amides is 2. The van der Waals surface area contributed by atoms with E-state index in [2.05, 4.69) is 50.0 Å². The predicted octanol–water partition coefficient (Wildman–Crippen LogP) is 3.89. The number of ether oxygens (including phenoxy) is 1. The minimum Gasteiger partial charge on any atom is -0.494 e. The van der Waals surface area contributed by atoms with E-state index in [0.717, 1.165) is 17.7 Å². The number of rotatable bonds is 9. The number of aromatic nitrogens is 4. The average molecular weight is 494 g/mol. The lowest BCUT2D eigenvalue weighted by Crippen LogP contribution is -2.22. The first-order valence-corrected chi connectivity index (χ1v) is 12.1. The molecule has 1 fully saturated rings. The van der Waals surface area contributed by atoms with Crippen molar-refractivity contribution in [1.29, 1.82) is 0 Å². The van der Waals surface area contributed by atoms with Crippen molar-refractivity contribution >= 4 is 40.8 Å². The Morgan fingerprint density at radius 2 is 1.86 bits per heavy atom. The summed E-state index contributed by atoms with van der Waals surface area (Å²) in [4.78, 5) is 34.6. The highest BCUT2D eigenvalue weighted by Gasteiger charge is 2.30. The van der Waals surface area contributed by atoms with Gasteiger partial charge in [0.25, 0.3) is 5.91 Å². The normalized spacial score (nSPS) is 12.8. The third kappa shape index (κ3) is 5.86. The second-order valence-electron chi connectivity index (χ2n) is 8.25. The minimum atomic E-state index is -0.420. The zero-order chi connectivity index (χ0) is 24.9. The van der Waals surface area contributed by atoms with Crippen LogP contribution >= 0.6 is 11.8 Å². The molecule has 182 valence electrons. The summed E-state index contributed by atoms with van der Waals surface area (Å²) in [6, 6.07) is 7.09. The number of anilines is 3. The van der Waals surface area contributed by atoms with Gasteiger partial charge in [0.1, 0.15) is 0 Å². The zero-order valence-corrected chi connectivity index (χ0v) is 20.8. The van der Waals surface area contributed by atoms with Gasteiger partial charge in [0, 0.05) is 41.6 Å². The molecule has 0 radical (unpaired) electrons. The molecule has 0 spiro atoms. The van der Waals surface area contributed by atoms with Crippen molar-refractivity contribution in [2.75, 3.05) is 24.8 Å². The molecule has 0 unspecified atom stereocenters. The highest BCUT2D eigenvalue weighted by atomic mass is 32.2. The molecule has 4 rings (SSSR count). The van der Waals surface area contributed by atoms with Gasteiger partial charge in [0.2, 0.25) is 5.91 Å². The smallest absolute Gasteiger partial charge is 0.273 e. The number of nitrogens with one attached hydrogen (secondary N) is 3. The summed E-state index contributed by atoms with van der Waals surface area (Å²) in [5.41, 5.74) is 1.71. The molecule has 1 aliphatic rings. The number of carbonyl (C=O) groups excluding carboxylic acids is 2. The largest absolute Gasteiger partial charge is 0.494 e. The Balaban J connectivity index is 1.67. The number of thioether (sulfide) groups is 1. The van der Waals surface area contributed by atoms with Gasteiger partial charge in [-0.3, -0.25) is 9.59 Å². The molecule has 1 aromatic carbocycles. The van der Waals surface area contributed by atoms with Crippen molar-refractivity contribution in [3.8, 4) is 17.1 Å². The Morgan fingerprint density at radius 1 is 1.11 bits per heavy atom. The van der Waals surface area contributed by atoms with Gasteiger partial charge in [0.05, 0.1) is 24.0 Å². The van der Waals surface area contributed by atoms with Crippen LogP contribution in [0.1, 0.15) is 37.2 Å². The van der Waals surface area contributed by atoms with E-state index in [1.807, 2.05) is 18.2 Å². The van der Waals surface area contributed by atoms with Gasteiger partial charge < -0.3 is 20.7 Å². The Bertz CT molecular complexity index is 1230. The molecule has 3 N–H and O–H groups in total. The Morgan fingerprint density at radius 3 is 2.49 bits per heavy atom. The summed E-state index contributed by atoms with van der Waals surface area (Å²) in [7, 11) is 3.06. The van der Waals surface area contributed by atoms with Crippen LogP contribution < -0.4 is 20.7 Å². The van der Waals surface area contributed by atoms with Gasteiger partial charge in [0.15, 0.2) is 23.1 Å². The summed E-state index contributed by atoms with van der Waals surface area (Å²) < 4.78 is 5.71. The van der Waals surface area contributed by atoms with Gasteiger partial charge in [-0.05, 0) is 25.0 Å². The quantitative estimate of drug-likeness (QED) is 0.380. The third-order valence-electron chi connectivity index (χ3n) is 5.16. The molecule has 0 saturated heterocycles. The molecule has 10 nitrogen and oxygen atoms in total. The summed E-state index contributed by atoms with van der Waals surface area (Å²) in [5.74, 6) is 0.753. The lowest BCUT2D eigenvalue weighted by atomic mass is 10.1. The van der Waals surface area contributed by atoms with E-state index in [0.29, 0.717) is 33.8 Å². The van der Waals surface area contributed by atoms with Gasteiger partial charge >= 0.3 is 0 Å². The molecule has 1 saturated carbocycles. The number of methoxy groups -OCH3 is 1. The lowest BCUT2D eigenvalue weighted by molar-refractivity contribution is -0.117. The maximum atomic E-state index is 12.4. The van der Waals surface area contributed by atoms with Crippen LogP contribution in [0.3, 0.4) is 0 Å². The average Bonchev–Trinajstić information content (AvgIpc) is 3.69. The highest BCUT2D eigenvalue weighted by Crippen LogP contribution is 2.37. The molecule has 0 bridgehead atoms. The van der Waals surface area contributed by atoms with Crippen LogP contribution in [-0.4, -0.2) is 51.4 Å². The fraction of sp³-hybridized carbons (Fsp3) is 0.333. The minimum absolute atomic E-state index is 0.00827. The van der Waals surface area contributed by atoms with E-state index in [1.165, 1.54) is 7.05 Å². The molecule has 0 aliphatic heterocycles. The first kappa shape index (κ1) is 24.4. The van der Waals surface area contributed by atoms with Crippen LogP contribution in [0.2, 0.25) is 0 Å². The van der Waals surface area contributed by atoms with Gasteiger partial charge in [-0.25, -0.2) is 9.97 Å². The van der Waals surface area contributed by atoms with Gasteiger partial charge in [-0.2, -0.15) is 0 Å². The second kappa shape index (κ2) is 10.7. The lowest BCUT2D eigenvalue weighted by Gasteiger charge is -2.16. The van der Waals surface area contributed by atoms with Crippen molar-refractivity contribution in [1.82, 2.24) is 25.5 Å².